The third-order valence-electron chi connectivity index (χ3n) is 2.70. The van der Waals surface area contributed by atoms with E-state index in [-0.39, 0.29) is 16.3 Å². The highest BCUT2D eigenvalue weighted by molar-refractivity contribution is 7.99. The Morgan fingerprint density at radius 1 is 0.952 bits per heavy atom. The Morgan fingerprint density at radius 2 is 1.67 bits per heavy atom. The van der Waals surface area contributed by atoms with Gasteiger partial charge in [-0.25, -0.2) is 8.78 Å². The van der Waals surface area contributed by atoms with E-state index in [2.05, 4.69) is 0 Å². The minimum atomic E-state index is -4.55. The maximum atomic E-state index is 13.1. The Labute approximate surface area is 122 Å². The standard InChI is InChI=1S/C14H10F5NS/c15-11-3-2-9(6-12(11)16)21-13-4-1-8(7-20)5-10(13)14(17,18)19/h1-6H,7,20H2. The highest BCUT2D eigenvalue weighted by Gasteiger charge is 2.33. The molecule has 0 aliphatic carbocycles. The van der Waals surface area contributed by atoms with Gasteiger partial charge in [-0.05, 0) is 35.9 Å². The van der Waals surface area contributed by atoms with Gasteiger partial charge in [0.2, 0.25) is 0 Å². The predicted octanol–water partition coefficient (Wildman–Crippen LogP) is 4.59. The van der Waals surface area contributed by atoms with Crippen molar-refractivity contribution in [1.29, 1.82) is 0 Å². The minimum absolute atomic E-state index is 0.0147. The fourth-order valence-corrected chi connectivity index (χ4v) is 2.66. The van der Waals surface area contributed by atoms with E-state index in [4.69, 9.17) is 5.73 Å². The molecule has 1 nitrogen and oxygen atoms in total. The average molecular weight is 319 g/mol. The van der Waals surface area contributed by atoms with Crippen LogP contribution >= 0.6 is 11.8 Å². The fraction of sp³-hybridized carbons (Fsp3) is 0.143. The molecule has 0 saturated heterocycles. The Morgan fingerprint density at radius 3 is 2.24 bits per heavy atom. The van der Waals surface area contributed by atoms with Gasteiger partial charge in [0, 0.05) is 16.3 Å². The van der Waals surface area contributed by atoms with Crippen molar-refractivity contribution >= 4 is 11.8 Å². The van der Waals surface area contributed by atoms with Crippen LogP contribution < -0.4 is 5.73 Å². The van der Waals surface area contributed by atoms with Crippen LogP contribution in [-0.4, -0.2) is 0 Å². The van der Waals surface area contributed by atoms with Gasteiger partial charge in [0.1, 0.15) is 0 Å². The first-order valence-corrected chi connectivity index (χ1v) is 6.66. The van der Waals surface area contributed by atoms with E-state index in [1.165, 1.54) is 18.2 Å². The van der Waals surface area contributed by atoms with Crippen molar-refractivity contribution in [2.75, 3.05) is 0 Å². The van der Waals surface area contributed by atoms with Crippen LogP contribution in [0.5, 0.6) is 0 Å². The molecule has 0 amide bonds. The molecule has 2 aromatic carbocycles. The van der Waals surface area contributed by atoms with Gasteiger partial charge in [-0.1, -0.05) is 17.8 Å². The van der Waals surface area contributed by atoms with Gasteiger partial charge in [-0.3, -0.25) is 0 Å². The number of halogens is 5. The van der Waals surface area contributed by atoms with Gasteiger partial charge in [0.25, 0.3) is 0 Å². The molecule has 0 unspecified atom stereocenters. The maximum Gasteiger partial charge on any atom is 0.417 e. The molecule has 2 aromatic rings. The van der Waals surface area contributed by atoms with E-state index in [1.807, 2.05) is 0 Å². The third kappa shape index (κ3) is 3.74. The zero-order valence-corrected chi connectivity index (χ0v) is 11.4. The molecule has 2 N–H and O–H groups in total. The number of rotatable bonds is 3. The summed E-state index contributed by atoms with van der Waals surface area (Å²) in [5.74, 6) is -2.15. The molecule has 0 bridgehead atoms. The highest BCUT2D eigenvalue weighted by Crippen LogP contribution is 2.40. The highest BCUT2D eigenvalue weighted by atomic mass is 32.2. The number of benzene rings is 2. The van der Waals surface area contributed by atoms with Gasteiger partial charge in [0.15, 0.2) is 11.6 Å². The average Bonchev–Trinajstić information content (AvgIpc) is 2.42. The second kappa shape index (κ2) is 6.03. The van der Waals surface area contributed by atoms with Crippen molar-refractivity contribution in [2.45, 2.75) is 22.5 Å². The zero-order chi connectivity index (χ0) is 15.6. The molecule has 7 heteroatoms. The van der Waals surface area contributed by atoms with Crippen LogP contribution in [0.4, 0.5) is 22.0 Å². The molecular weight excluding hydrogens is 309 g/mol. The summed E-state index contributed by atoms with van der Waals surface area (Å²) in [6, 6.07) is 6.66. The Hall–Kier alpha value is -1.60. The number of nitrogens with two attached hydrogens (primary N) is 1. The molecule has 2 rings (SSSR count). The molecule has 0 heterocycles. The number of hydrogen-bond acceptors (Lipinski definition) is 2. The summed E-state index contributed by atoms with van der Waals surface area (Å²) in [4.78, 5) is 0.0885. The van der Waals surface area contributed by atoms with Gasteiger partial charge in [-0.15, -0.1) is 0 Å². The Balaban J connectivity index is 2.41. The van der Waals surface area contributed by atoms with Crippen molar-refractivity contribution in [3.8, 4) is 0 Å². The first-order chi connectivity index (χ1) is 9.81. The van der Waals surface area contributed by atoms with Crippen LogP contribution in [-0.2, 0) is 12.7 Å². The molecule has 0 aliphatic rings. The second-order valence-electron chi connectivity index (χ2n) is 4.21. The minimum Gasteiger partial charge on any atom is -0.326 e. The number of hydrogen-bond donors (Lipinski definition) is 1. The van der Waals surface area contributed by atoms with E-state index < -0.39 is 23.4 Å². The maximum absolute atomic E-state index is 13.1. The Kier molecular flexibility index (Phi) is 4.53. The lowest BCUT2D eigenvalue weighted by Crippen LogP contribution is -2.09. The lowest BCUT2D eigenvalue weighted by molar-refractivity contribution is -0.139. The first kappa shape index (κ1) is 15.8. The molecule has 0 saturated carbocycles. The zero-order valence-electron chi connectivity index (χ0n) is 10.5. The molecule has 0 fully saturated rings. The van der Waals surface area contributed by atoms with E-state index in [9.17, 15) is 22.0 Å². The largest absolute Gasteiger partial charge is 0.417 e. The lowest BCUT2D eigenvalue weighted by Gasteiger charge is -2.14. The lowest BCUT2D eigenvalue weighted by atomic mass is 10.1. The van der Waals surface area contributed by atoms with Crippen molar-refractivity contribution in [3.63, 3.8) is 0 Å². The molecular formula is C14H10F5NS. The smallest absolute Gasteiger partial charge is 0.326 e. The molecule has 0 atom stereocenters. The molecule has 0 aliphatic heterocycles. The summed E-state index contributed by atoms with van der Waals surface area (Å²) in [5.41, 5.74) is 4.83. The van der Waals surface area contributed by atoms with Gasteiger partial charge in [-0.2, -0.15) is 13.2 Å². The fourth-order valence-electron chi connectivity index (χ4n) is 1.68. The van der Waals surface area contributed by atoms with Crippen LogP contribution in [0.2, 0.25) is 0 Å². The van der Waals surface area contributed by atoms with E-state index in [0.717, 1.165) is 18.2 Å². The molecule has 0 spiro atoms. The van der Waals surface area contributed by atoms with Crippen molar-refractivity contribution < 1.29 is 22.0 Å². The van der Waals surface area contributed by atoms with E-state index >= 15 is 0 Å². The van der Waals surface area contributed by atoms with Crippen molar-refractivity contribution in [2.24, 2.45) is 5.73 Å². The quantitative estimate of drug-likeness (QED) is 0.837. The summed E-state index contributed by atoms with van der Waals surface area (Å²) in [5, 5.41) is 0. The second-order valence-corrected chi connectivity index (χ2v) is 5.33. The summed E-state index contributed by atoms with van der Waals surface area (Å²) >= 11 is 0.716. The van der Waals surface area contributed by atoms with Gasteiger partial charge < -0.3 is 5.73 Å². The SMILES string of the molecule is NCc1ccc(Sc2ccc(F)c(F)c2)c(C(F)(F)F)c1. The van der Waals surface area contributed by atoms with Crippen LogP contribution in [0.25, 0.3) is 0 Å². The molecule has 0 aromatic heterocycles. The van der Waals surface area contributed by atoms with Crippen LogP contribution in [0.3, 0.4) is 0 Å². The monoisotopic (exact) mass is 319 g/mol. The summed E-state index contributed by atoms with van der Waals surface area (Å²) < 4.78 is 65.0. The van der Waals surface area contributed by atoms with Crippen LogP contribution in [0.1, 0.15) is 11.1 Å². The summed E-state index contributed by atoms with van der Waals surface area (Å²) in [7, 11) is 0. The molecule has 21 heavy (non-hydrogen) atoms. The molecule has 0 radical (unpaired) electrons. The third-order valence-corrected chi connectivity index (χ3v) is 3.77. The predicted molar refractivity (Wildman–Crippen MR) is 69.8 cm³/mol. The van der Waals surface area contributed by atoms with E-state index in [1.54, 1.807) is 0 Å². The summed E-state index contributed by atoms with van der Waals surface area (Å²) in [6.45, 7) is -0.0147. The Bertz CT molecular complexity index is 654. The number of alkyl halides is 3. The van der Waals surface area contributed by atoms with Crippen molar-refractivity contribution in [1.82, 2.24) is 0 Å². The normalized spacial score (nSPS) is 11.7. The first-order valence-electron chi connectivity index (χ1n) is 5.84. The van der Waals surface area contributed by atoms with E-state index in [0.29, 0.717) is 17.3 Å². The van der Waals surface area contributed by atoms with Crippen LogP contribution in [0.15, 0.2) is 46.2 Å². The van der Waals surface area contributed by atoms with Gasteiger partial charge >= 0.3 is 6.18 Å². The topological polar surface area (TPSA) is 26.0 Å². The van der Waals surface area contributed by atoms with Crippen LogP contribution in [0, 0.1) is 11.6 Å². The van der Waals surface area contributed by atoms with Crippen molar-refractivity contribution in [3.05, 3.63) is 59.2 Å². The summed E-state index contributed by atoms with van der Waals surface area (Å²) in [6.07, 6.45) is -4.55. The van der Waals surface area contributed by atoms with Gasteiger partial charge in [0.05, 0.1) is 5.56 Å². The molecule has 112 valence electrons.